The summed E-state index contributed by atoms with van der Waals surface area (Å²) in [6.45, 7) is 0. The molecule has 4 atom stereocenters. The standard InChI is InChI=1S/C18H28O8/c19-15(20)9-3-7-13(17(23)24)11-5-1-2-6-12(11)14(18(25)26)8-4-10-16(21)22/h11-14H,1-10H2,(H,19,20)(H,21,22)(H,23,24)(H,25,26). The van der Waals surface area contributed by atoms with Gasteiger partial charge in [0.25, 0.3) is 0 Å². The van der Waals surface area contributed by atoms with Crippen LogP contribution in [0.2, 0.25) is 0 Å². The predicted octanol–water partition coefficient (Wildman–Crippen LogP) is 2.70. The molecule has 1 aliphatic rings. The van der Waals surface area contributed by atoms with E-state index in [2.05, 4.69) is 0 Å². The van der Waals surface area contributed by atoms with E-state index in [0.717, 1.165) is 12.8 Å². The van der Waals surface area contributed by atoms with Crippen LogP contribution in [0.5, 0.6) is 0 Å². The lowest BCUT2D eigenvalue weighted by molar-refractivity contribution is -0.152. The highest BCUT2D eigenvalue weighted by Crippen LogP contribution is 2.43. The van der Waals surface area contributed by atoms with Gasteiger partial charge < -0.3 is 20.4 Å². The normalized spacial score (nSPS) is 22.3. The molecule has 0 aromatic rings. The summed E-state index contributed by atoms with van der Waals surface area (Å²) >= 11 is 0. The van der Waals surface area contributed by atoms with Crippen molar-refractivity contribution in [2.75, 3.05) is 0 Å². The Morgan fingerprint density at radius 3 is 1.31 bits per heavy atom. The summed E-state index contributed by atoms with van der Waals surface area (Å²) in [5, 5.41) is 36.7. The Bertz CT molecular complexity index is 469. The van der Waals surface area contributed by atoms with Gasteiger partial charge in [-0.2, -0.15) is 0 Å². The average Bonchev–Trinajstić information content (AvgIpc) is 2.55. The Morgan fingerprint density at radius 1 is 0.692 bits per heavy atom. The fourth-order valence-electron chi connectivity index (χ4n) is 4.18. The van der Waals surface area contributed by atoms with Crippen molar-refractivity contribution in [3.05, 3.63) is 0 Å². The lowest BCUT2D eigenvalue weighted by atomic mass is 9.65. The average molecular weight is 372 g/mol. The first-order valence-corrected chi connectivity index (χ1v) is 9.13. The first kappa shape index (κ1) is 21.9. The number of aliphatic carboxylic acids is 4. The van der Waals surface area contributed by atoms with Gasteiger partial charge in [0.1, 0.15) is 0 Å². The molecule has 8 nitrogen and oxygen atoms in total. The summed E-state index contributed by atoms with van der Waals surface area (Å²) in [5.41, 5.74) is 0. The molecule has 0 aromatic carbocycles. The van der Waals surface area contributed by atoms with Gasteiger partial charge in [0, 0.05) is 12.8 Å². The van der Waals surface area contributed by atoms with E-state index >= 15 is 0 Å². The third-order valence-electron chi connectivity index (χ3n) is 5.35. The molecule has 0 radical (unpaired) electrons. The third kappa shape index (κ3) is 7.01. The molecule has 4 N–H and O–H groups in total. The molecule has 0 saturated heterocycles. The molecule has 0 heterocycles. The van der Waals surface area contributed by atoms with Gasteiger partial charge in [-0.1, -0.05) is 12.8 Å². The summed E-state index contributed by atoms with van der Waals surface area (Å²) in [6, 6.07) is 0. The van der Waals surface area contributed by atoms with Gasteiger partial charge in [0.2, 0.25) is 0 Å². The molecule has 1 aliphatic carbocycles. The summed E-state index contributed by atoms with van der Waals surface area (Å²) in [6.07, 6.45) is 3.56. The predicted molar refractivity (Wildman–Crippen MR) is 90.7 cm³/mol. The van der Waals surface area contributed by atoms with Gasteiger partial charge in [-0.15, -0.1) is 0 Å². The van der Waals surface area contributed by atoms with Crippen LogP contribution in [0.1, 0.15) is 64.2 Å². The zero-order chi connectivity index (χ0) is 19.7. The van der Waals surface area contributed by atoms with E-state index in [1.165, 1.54) is 0 Å². The van der Waals surface area contributed by atoms with Crippen LogP contribution < -0.4 is 0 Å². The zero-order valence-electron chi connectivity index (χ0n) is 14.8. The minimum atomic E-state index is -1.01. The van der Waals surface area contributed by atoms with Crippen LogP contribution in [0.15, 0.2) is 0 Å². The molecule has 0 spiro atoms. The summed E-state index contributed by atoms with van der Waals surface area (Å²) in [5.74, 6) is -6.15. The Balaban J connectivity index is 2.88. The van der Waals surface area contributed by atoms with E-state index in [-0.39, 0.29) is 50.4 Å². The fraction of sp³-hybridized carbons (Fsp3) is 0.778. The summed E-state index contributed by atoms with van der Waals surface area (Å²) < 4.78 is 0. The van der Waals surface area contributed by atoms with Gasteiger partial charge in [0.05, 0.1) is 11.8 Å². The van der Waals surface area contributed by atoms with Crippen molar-refractivity contribution in [3.63, 3.8) is 0 Å². The van der Waals surface area contributed by atoms with Crippen LogP contribution >= 0.6 is 0 Å². The number of carboxylic acid groups (broad SMARTS) is 4. The molecule has 0 bridgehead atoms. The van der Waals surface area contributed by atoms with Crippen molar-refractivity contribution in [1.82, 2.24) is 0 Å². The minimum Gasteiger partial charge on any atom is -0.481 e. The number of hydrogen-bond donors (Lipinski definition) is 4. The van der Waals surface area contributed by atoms with Crippen molar-refractivity contribution in [1.29, 1.82) is 0 Å². The highest BCUT2D eigenvalue weighted by atomic mass is 16.4. The van der Waals surface area contributed by atoms with E-state index in [0.29, 0.717) is 12.8 Å². The van der Waals surface area contributed by atoms with Crippen LogP contribution in [-0.4, -0.2) is 44.3 Å². The van der Waals surface area contributed by atoms with Gasteiger partial charge in [-0.25, -0.2) is 0 Å². The SMILES string of the molecule is O=C(O)CCCC(C(=O)O)C1CCCCC1C(CCCC(=O)O)C(=O)O. The smallest absolute Gasteiger partial charge is 0.306 e. The van der Waals surface area contributed by atoms with Gasteiger partial charge >= 0.3 is 23.9 Å². The molecular weight excluding hydrogens is 344 g/mol. The van der Waals surface area contributed by atoms with Crippen molar-refractivity contribution in [3.8, 4) is 0 Å². The Labute approximate surface area is 152 Å². The molecular formula is C18H28O8. The topological polar surface area (TPSA) is 149 Å². The first-order chi connectivity index (χ1) is 12.2. The molecule has 8 heteroatoms. The van der Waals surface area contributed by atoms with Crippen LogP contribution in [0, 0.1) is 23.7 Å². The monoisotopic (exact) mass is 372 g/mol. The van der Waals surface area contributed by atoms with Crippen LogP contribution in [0.4, 0.5) is 0 Å². The minimum absolute atomic E-state index is 0.109. The summed E-state index contributed by atoms with van der Waals surface area (Å²) in [4.78, 5) is 44.9. The Kier molecular flexibility index (Phi) is 9.09. The maximum atomic E-state index is 11.7. The van der Waals surface area contributed by atoms with E-state index in [1.54, 1.807) is 0 Å². The highest BCUT2D eigenvalue weighted by molar-refractivity contribution is 5.73. The van der Waals surface area contributed by atoms with E-state index in [1.807, 2.05) is 0 Å². The van der Waals surface area contributed by atoms with Gasteiger partial charge in [0.15, 0.2) is 0 Å². The second kappa shape index (κ2) is 10.8. The molecule has 1 rings (SSSR count). The van der Waals surface area contributed by atoms with Gasteiger partial charge in [-0.3, -0.25) is 19.2 Å². The van der Waals surface area contributed by atoms with Crippen LogP contribution in [0.3, 0.4) is 0 Å². The summed E-state index contributed by atoms with van der Waals surface area (Å²) in [7, 11) is 0. The second-order valence-corrected chi connectivity index (χ2v) is 7.07. The van der Waals surface area contributed by atoms with E-state index in [4.69, 9.17) is 10.2 Å². The quantitative estimate of drug-likeness (QED) is 0.408. The molecule has 26 heavy (non-hydrogen) atoms. The number of carboxylic acids is 4. The van der Waals surface area contributed by atoms with Crippen molar-refractivity contribution in [2.45, 2.75) is 64.2 Å². The molecule has 1 fully saturated rings. The maximum absolute atomic E-state index is 11.7. The lowest BCUT2D eigenvalue weighted by Crippen LogP contribution is -2.38. The lowest BCUT2D eigenvalue weighted by Gasteiger charge is -2.38. The molecule has 4 unspecified atom stereocenters. The van der Waals surface area contributed by atoms with E-state index < -0.39 is 35.7 Å². The van der Waals surface area contributed by atoms with Crippen molar-refractivity contribution < 1.29 is 39.6 Å². The zero-order valence-corrected chi connectivity index (χ0v) is 14.8. The molecule has 0 amide bonds. The number of rotatable bonds is 12. The Morgan fingerprint density at radius 2 is 1.04 bits per heavy atom. The van der Waals surface area contributed by atoms with Crippen LogP contribution in [0.25, 0.3) is 0 Å². The first-order valence-electron chi connectivity index (χ1n) is 9.13. The number of hydrogen-bond acceptors (Lipinski definition) is 4. The largest absolute Gasteiger partial charge is 0.481 e. The fourth-order valence-corrected chi connectivity index (χ4v) is 4.18. The van der Waals surface area contributed by atoms with Crippen molar-refractivity contribution >= 4 is 23.9 Å². The molecule has 0 aromatic heterocycles. The maximum Gasteiger partial charge on any atom is 0.306 e. The third-order valence-corrected chi connectivity index (χ3v) is 5.35. The molecule has 148 valence electrons. The highest BCUT2D eigenvalue weighted by Gasteiger charge is 2.41. The van der Waals surface area contributed by atoms with Gasteiger partial charge in [-0.05, 0) is 50.4 Å². The number of carbonyl (C=O) groups is 4. The van der Waals surface area contributed by atoms with Crippen LogP contribution in [-0.2, 0) is 19.2 Å². The second-order valence-electron chi connectivity index (χ2n) is 7.07. The van der Waals surface area contributed by atoms with Crippen molar-refractivity contribution in [2.24, 2.45) is 23.7 Å². The molecule has 1 saturated carbocycles. The Hall–Kier alpha value is -2.12. The molecule has 0 aliphatic heterocycles. The van der Waals surface area contributed by atoms with E-state index in [9.17, 15) is 29.4 Å².